The van der Waals surface area contributed by atoms with Gasteiger partial charge in [-0.15, -0.1) is 0 Å². The number of unbranched alkanes of at least 4 members (excludes halogenated alkanes) is 2. The van der Waals surface area contributed by atoms with Gasteiger partial charge in [-0.3, -0.25) is 9.59 Å². The third kappa shape index (κ3) is 6.84. The summed E-state index contributed by atoms with van der Waals surface area (Å²) in [4.78, 5) is 25.4. The molecule has 0 saturated carbocycles. The molecule has 0 aliphatic rings. The summed E-state index contributed by atoms with van der Waals surface area (Å²) in [5.74, 6) is -0.536. The first-order valence-electron chi connectivity index (χ1n) is 10.9. The zero-order valence-electron chi connectivity index (χ0n) is 18.6. The minimum absolute atomic E-state index is 0.0170. The smallest absolute Gasteiger partial charge is 0.416 e. The first kappa shape index (κ1) is 24.8. The highest BCUT2D eigenvalue weighted by atomic mass is 19.4. The van der Waals surface area contributed by atoms with Gasteiger partial charge in [-0.1, -0.05) is 44.0 Å². The quantitative estimate of drug-likeness (QED) is 0.339. The van der Waals surface area contributed by atoms with Gasteiger partial charge in [0, 0.05) is 16.9 Å². The topological polar surface area (TPSA) is 67.4 Å². The SMILES string of the molecule is CCCCCOc1ccccc1C(=O)Nc1cccc(C(=O)Nc2cccc(C(F)(F)F)c2)c1. The maximum atomic E-state index is 12.9. The second kappa shape index (κ2) is 11.4. The number of ether oxygens (including phenoxy) is 1. The van der Waals surface area contributed by atoms with Gasteiger partial charge in [0.1, 0.15) is 5.75 Å². The highest BCUT2D eigenvalue weighted by Crippen LogP contribution is 2.30. The molecule has 5 nitrogen and oxygen atoms in total. The monoisotopic (exact) mass is 470 g/mol. The maximum Gasteiger partial charge on any atom is 0.416 e. The van der Waals surface area contributed by atoms with Crippen molar-refractivity contribution in [3.05, 3.63) is 89.5 Å². The van der Waals surface area contributed by atoms with Crippen LogP contribution in [0.1, 0.15) is 52.5 Å². The number of rotatable bonds is 9. The molecule has 0 aromatic heterocycles. The molecular weight excluding hydrogens is 445 g/mol. The summed E-state index contributed by atoms with van der Waals surface area (Å²) in [6.45, 7) is 2.60. The van der Waals surface area contributed by atoms with E-state index in [0.29, 0.717) is 23.6 Å². The first-order valence-corrected chi connectivity index (χ1v) is 10.9. The first-order chi connectivity index (χ1) is 16.3. The van der Waals surface area contributed by atoms with Crippen LogP contribution < -0.4 is 15.4 Å². The van der Waals surface area contributed by atoms with Crippen LogP contribution in [-0.4, -0.2) is 18.4 Å². The molecule has 3 aromatic rings. The second-order valence-corrected chi connectivity index (χ2v) is 7.62. The van der Waals surface area contributed by atoms with E-state index in [-0.39, 0.29) is 11.3 Å². The Morgan fingerprint density at radius 2 is 1.50 bits per heavy atom. The van der Waals surface area contributed by atoms with Crippen molar-refractivity contribution in [2.45, 2.75) is 32.4 Å². The molecule has 0 heterocycles. The molecule has 0 radical (unpaired) electrons. The van der Waals surface area contributed by atoms with Crippen LogP contribution in [0.2, 0.25) is 0 Å². The fourth-order valence-electron chi connectivity index (χ4n) is 3.23. The lowest BCUT2D eigenvalue weighted by atomic mass is 10.1. The maximum absolute atomic E-state index is 12.9. The van der Waals surface area contributed by atoms with Crippen LogP contribution in [-0.2, 0) is 6.18 Å². The molecule has 0 unspecified atom stereocenters. The number of hydrogen-bond acceptors (Lipinski definition) is 3. The number of anilines is 2. The summed E-state index contributed by atoms with van der Waals surface area (Å²) in [6, 6.07) is 17.4. The van der Waals surface area contributed by atoms with Crippen molar-refractivity contribution in [2.24, 2.45) is 0 Å². The molecule has 34 heavy (non-hydrogen) atoms. The molecule has 178 valence electrons. The largest absolute Gasteiger partial charge is 0.493 e. The Morgan fingerprint density at radius 3 is 2.24 bits per heavy atom. The second-order valence-electron chi connectivity index (χ2n) is 7.62. The summed E-state index contributed by atoms with van der Waals surface area (Å²) in [5, 5.41) is 5.19. The Bertz CT molecular complexity index is 1150. The lowest BCUT2D eigenvalue weighted by Gasteiger charge is -2.13. The summed E-state index contributed by atoms with van der Waals surface area (Å²) >= 11 is 0. The normalized spacial score (nSPS) is 11.1. The summed E-state index contributed by atoms with van der Waals surface area (Å²) < 4.78 is 44.5. The van der Waals surface area contributed by atoms with E-state index in [1.807, 2.05) is 0 Å². The van der Waals surface area contributed by atoms with E-state index < -0.39 is 23.6 Å². The van der Waals surface area contributed by atoms with Crippen LogP contribution in [0.5, 0.6) is 5.75 Å². The van der Waals surface area contributed by atoms with Gasteiger partial charge in [-0.2, -0.15) is 13.2 Å². The molecule has 3 aromatic carbocycles. The highest BCUT2D eigenvalue weighted by Gasteiger charge is 2.30. The Balaban J connectivity index is 1.69. The summed E-state index contributed by atoms with van der Waals surface area (Å²) in [5.41, 5.74) is 0.0601. The molecule has 3 rings (SSSR count). The van der Waals surface area contributed by atoms with Crippen LogP contribution in [0, 0.1) is 0 Å². The fourth-order valence-corrected chi connectivity index (χ4v) is 3.23. The number of carbonyl (C=O) groups excluding carboxylic acids is 2. The van der Waals surface area contributed by atoms with E-state index in [9.17, 15) is 22.8 Å². The highest BCUT2D eigenvalue weighted by molar-refractivity contribution is 6.08. The van der Waals surface area contributed by atoms with Crippen LogP contribution in [0.3, 0.4) is 0 Å². The van der Waals surface area contributed by atoms with E-state index >= 15 is 0 Å². The molecule has 0 atom stereocenters. The lowest BCUT2D eigenvalue weighted by Crippen LogP contribution is -2.16. The van der Waals surface area contributed by atoms with Gasteiger partial charge >= 0.3 is 6.18 Å². The molecule has 0 aliphatic heterocycles. The number of para-hydroxylation sites is 1. The molecule has 0 saturated heterocycles. The average Bonchev–Trinajstić information content (AvgIpc) is 2.82. The zero-order valence-corrected chi connectivity index (χ0v) is 18.6. The fraction of sp³-hybridized carbons (Fsp3) is 0.231. The number of nitrogens with one attached hydrogen (secondary N) is 2. The van der Waals surface area contributed by atoms with E-state index in [1.54, 1.807) is 36.4 Å². The molecule has 2 N–H and O–H groups in total. The van der Waals surface area contributed by atoms with Crippen molar-refractivity contribution >= 4 is 23.2 Å². The van der Waals surface area contributed by atoms with Crippen LogP contribution in [0.4, 0.5) is 24.5 Å². The third-order valence-corrected chi connectivity index (χ3v) is 4.97. The Kier molecular flexibility index (Phi) is 8.29. The molecule has 0 fully saturated rings. The minimum atomic E-state index is -4.51. The molecule has 0 bridgehead atoms. The van der Waals surface area contributed by atoms with Gasteiger partial charge in [-0.25, -0.2) is 0 Å². The number of amides is 2. The number of halogens is 3. The van der Waals surface area contributed by atoms with Crippen LogP contribution >= 0.6 is 0 Å². The van der Waals surface area contributed by atoms with Gasteiger partial charge in [0.2, 0.25) is 0 Å². The van der Waals surface area contributed by atoms with Gasteiger partial charge < -0.3 is 15.4 Å². The predicted molar refractivity (Wildman–Crippen MR) is 125 cm³/mol. The minimum Gasteiger partial charge on any atom is -0.493 e. The number of hydrogen-bond donors (Lipinski definition) is 2. The average molecular weight is 470 g/mol. The molecule has 0 spiro atoms. The number of alkyl halides is 3. The van der Waals surface area contributed by atoms with Crippen molar-refractivity contribution in [3.63, 3.8) is 0 Å². The predicted octanol–water partition coefficient (Wildman–Crippen LogP) is 6.78. The summed E-state index contributed by atoms with van der Waals surface area (Å²) in [6.07, 6.45) is -1.54. The standard InChI is InChI=1S/C26H25F3N2O3/c1-2-3-6-15-34-23-14-5-4-13-22(23)25(33)31-20-11-7-9-18(16-20)24(32)30-21-12-8-10-19(17-21)26(27,28)29/h4-5,7-14,16-17H,2-3,6,15H2,1H3,(H,30,32)(H,31,33). The summed E-state index contributed by atoms with van der Waals surface area (Å²) in [7, 11) is 0. The Hall–Kier alpha value is -3.81. The van der Waals surface area contributed by atoms with Gasteiger partial charge in [-0.05, 0) is 55.0 Å². The lowest BCUT2D eigenvalue weighted by molar-refractivity contribution is -0.137. The van der Waals surface area contributed by atoms with Crippen molar-refractivity contribution in [2.75, 3.05) is 17.2 Å². The zero-order chi connectivity index (χ0) is 24.6. The van der Waals surface area contributed by atoms with E-state index in [1.165, 1.54) is 24.3 Å². The van der Waals surface area contributed by atoms with Gasteiger partial charge in [0.25, 0.3) is 11.8 Å². The van der Waals surface area contributed by atoms with Crippen molar-refractivity contribution in [1.29, 1.82) is 0 Å². The van der Waals surface area contributed by atoms with E-state index in [0.717, 1.165) is 31.4 Å². The van der Waals surface area contributed by atoms with Crippen molar-refractivity contribution in [3.8, 4) is 5.75 Å². The van der Waals surface area contributed by atoms with Crippen molar-refractivity contribution in [1.82, 2.24) is 0 Å². The number of benzene rings is 3. The van der Waals surface area contributed by atoms with E-state index in [2.05, 4.69) is 17.6 Å². The Morgan fingerprint density at radius 1 is 0.824 bits per heavy atom. The molecule has 2 amide bonds. The Labute approximate surface area is 195 Å². The third-order valence-electron chi connectivity index (χ3n) is 4.97. The van der Waals surface area contributed by atoms with Gasteiger partial charge in [0.05, 0.1) is 17.7 Å². The number of carbonyl (C=O) groups is 2. The van der Waals surface area contributed by atoms with Crippen LogP contribution in [0.25, 0.3) is 0 Å². The van der Waals surface area contributed by atoms with Crippen LogP contribution in [0.15, 0.2) is 72.8 Å². The molecule has 8 heteroatoms. The molecular formula is C26H25F3N2O3. The molecule has 0 aliphatic carbocycles. The van der Waals surface area contributed by atoms with E-state index in [4.69, 9.17) is 4.74 Å². The van der Waals surface area contributed by atoms with Gasteiger partial charge in [0.15, 0.2) is 0 Å². The van der Waals surface area contributed by atoms with Crippen molar-refractivity contribution < 1.29 is 27.5 Å².